The van der Waals surface area contributed by atoms with Gasteiger partial charge < -0.3 is 14.0 Å². The van der Waals surface area contributed by atoms with Crippen LogP contribution in [0, 0.1) is 11.3 Å². The predicted octanol–water partition coefficient (Wildman–Crippen LogP) is 3.91. The highest BCUT2D eigenvalue weighted by molar-refractivity contribution is 7.89. The number of hydrogen-bond acceptors (Lipinski definition) is 7. The molecule has 0 spiro atoms. The topological polar surface area (TPSA) is 100 Å². The van der Waals surface area contributed by atoms with Crippen LogP contribution in [-0.4, -0.2) is 43.9 Å². The van der Waals surface area contributed by atoms with Crippen molar-refractivity contribution >= 4 is 27.0 Å². The van der Waals surface area contributed by atoms with Crippen LogP contribution in [0.2, 0.25) is 0 Å². The SMILES string of the molecule is Cn1cnc(S(=O)(=O)N(Cc2ccsc2)[C@H]2CC[C@@H](N(Cc3cncn3C)c3ccc(C#N)cc3)C2)c1. The van der Waals surface area contributed by atoms with Crippen molar-refractivity contribution in [3.63, 3.8) is 0 Å². The molecule has 1 aliphatic rings. The first-order valence-electron chi connectivity index (χ1n) is 12.1. The maximum Gasteiger partial charge on any atom is 0.262 e. The van der Waals surface area contributed by atoms with Crippen molar-refractivity contribution < 1.29 is 8.42 Å². The number of anilines is 1. The van der Waals surface area contributed by atoms with Crippen LogP contribution in [0.1, 0.15) is 36.1 Å². The van der Waals surface area contributed by atoms with Gasteiger partial charge in [-0.05, 0) is 65.9 Å². The minimum absolute atomic E-state index is 0.0764. The van der Waals surface area contributed by atoms with Gasteiger partial charge in [0, 0.05) is 50.8 Å². The number of hydrogen-bond donors (Lipinski definition) is 0. The van der Waals surface area contributed by atoms with E-state index in [1.807, 2.05) is 58.9 Å². The Hall–Kier alpha value is -3.46. The van der Waals surface area contributed by atoms with Gasteiger partial charge in [-0.2, -0.15) is 20.9 Å². The average Bonchev–Trinajstić information content (AvgIpc) is 3.70. The standard InChI is InChI=1S/C26H29N7O2S2/c1-30-16-26(29-19-30)37(34,35)33(14-21-9-10-36-17-21)24-8-7-23(11-24)32(15-25-13-28-18-31(25)2)22-5-3-20(12-27)4-6-22/h3-6,9-10,13,16-19,23-24H,7-8,11,14-15H2,1-2H3/t23-,24+/m1/s1. The molecule has 0 amide bonds. The quantitative estimate of drug-likeness (QED) is 0.322. The minimum atomic E-state index is -3.78. The first kappa shape index (κ1) is 25.2. The fourth-order valence-electron chi connectivity index (χ4n) is 4.96. The molecule has 192 valence electrons. The summed E-state index contributed by atoms with van der Waals surface area (Å²) in [5.41, 5.74) is 3.65. The Bertz CT molecular complexity index is 1480. The van der Waals surface area contributed by atoms with Gasteiger partial charge in [0.25, 0.3) is 10.0 Å². The zero-order valence-electron chi connectivity index (χ0n) is 20.8. The van der Waals surface area contributed by atoms with Gasteiger partial charge in [-0.25, -0.2) is 18.4 Å². The molecule has 37 heavy (non-hydrogen) atoms. The van der Waals surface area contributed by atoms with Crippen LogP contribution >= 0.6 is 11.3 Å². The van der Waals surface area contributed by atoms with Gasteiger partial charge in [0.05, 0.1) is 36.5 Å². The van der Waals surface area contributed by atoms with E-state index in [0.29, 0.717) is 25.1 Å². The van der Waals surface area contributed by atoms with E-state index in [-0.39, 0.29) is 17.1 Å². The molecular formula is C26H29N7O2S2. The molecule has 1 aromatic carbocycles. The number of nitriles is 1. The highest BCUT2D eigenvalue weighted by Crippen LogP contribution is 2.35. The van der Waals surface area contributed by atoms with Gasteiger partial charge in [-0.3, -0.25) is 0 Å². The third kappa shape index (κ3) is 5.32. The van der Waals surface area contributed by atoms with E-state index in [0.717, 1.165) is 29.8 Å². The fourth-order valence-corrected chi connectivity index (χ4v) is 7.25. The average molecular weight is 536 g/mol. The van der Waals surface area contributed by atoms with Crippen molar-refractivity contribution in [3.05, 3.63) is 83.0 Å². The Balaban J connectivity index is 1.45. The summed E-state index contributed by atoms with van der Waals surface area (Å²) in [5, 5.41) is 13.3. The molecule has 9 nitrogen and oxygen atoms in total. The first-order chi connectivity index (χ1) is 17.8. The van der Waals surface area contributed by atoms with Crippen molar-refractivity contribution in [2.45, 2.75) is 49.5 Å². The minimum Gasteiger partial charge on any atom is -0.363 e. The van der Waals surface area contributed by atoms with E-state index < -0.39 is 10.0 Å². The second kappa shape index (κ2) is 10.5. The van der Waals surface area contributed by atoms with Gasteiger partial charge in [0.15, 0.2) is 5.03 Å². The maximum absolute atomic E-state index is 13.8. The lowest BCUT2D eigenvalue weighted by atomic mass is 10.1. The number of aromatic nitrogens is 4. The zero-order valence-corrected chi connectivity index (χ0v) is 22.4. The highest BCUT2D eigenvalue weighted by atomic mass is 32.2. The number of nitrogens with zero attached hydrogens (tertiary/aromatic N) is 7. The van der Waals surface area contributed by atoms with Gasteiger partial charge in [-0.1, -0.05) is 0 Å². The molecule has 3 heterocycles. The van der Waals surface area contributed by atoms with Crippen molar-refractivity contribution in [1.82, 2.24) is 23.4 Å². The molecule has 5 rings (SSSR count). The number of imidazole rings is 2. The smallest absolute Gasteiger partial charge is 0.262 e. The van der Waals surface area contributed by atoms with E-state index in [2.05, 4.69) is 20.9 Å². The molecule has 0 radical (unpaired) electrons. The third-order valence-electron chi connectivity index (χ3n) is 6.97. The number of thiophene rings is 1. The summed E-state index contributed by atoms with van der Waals surface area (Å²) in [5.74, 6) is 0. The molecule has 2 atom stereocenters. The lowest BCUT2D eigenvalue weighted by Gasteiger charge is -2.33. The lowest BCUT2D eigenvalue weighted by molar-refractivity contribution is 0.312. The van der Waals surface area contributed by atoms with Gasteiger partial charge in [0.2, 0.25) is 0 Å². The molecule has 1 fully saturated rings. The van der Waals surface area contributed by atoms with Crippen LogP contribution in [0.4, 0.5) is 5.69 Å². The Labute approximate surface area is 221 Å². The summed E-state index contributed by atoms with van der Waals surface area (Å²) < 4.78 is 32.8. The second-order valence-electron chi connectivity index (χ2n) is 9.46. The molecule has 3 aromatic heterocycles. The fraction of sp³-hybridized carbons (Fsp3) is 0.346. The highest BCUT2D eigenvalue weighted by Gasteiger charge is 2.39. The largest absolute Gasteiger partial charge is 0.363 e. The molecule has 1 saturated carbocycles. The molecule has 0 aliphatic heterocycles. The molecule has 0 unspecified atom stereocenters. The molecule has 0 N–H and O–H groups in total. The Morgan fingerprint density at radius 3 is 2.51 bits per heavy atom. The van der Waals surface area contributed by atoms with E-state index in [9.17, 15) is 13.7 Å². The second-order valence-corrected chi connectivity index (χ2v) is 12.1. The Morgan fingerprint density at radius 1 is 1.11 bits per heavy atom. The Kier molecular flexibility index (Phi) is 7.15. The summed E-state index contributed by atoms with van der Waals surface area (Å²) in [4.78, 5) is 10.8. The van der Waals surface area contributed by atoms with Crippen LogP contribution in [-0.2, 0) is 37.2 Å². The van der Waals surface area contributed by atoms with Gasteiger partial charge in [0.1, 0.15) is 0 Å². The molecule has 1 aliphatic carbocycles. The molecule has 11 heteroatoms. The van der Waals surface area contributed by atoms with Crippen molar-refractivity contribution in [2.24, 2.45) is 14.1 Å². The van der Waals surface area contributed by atoms with E-state index in [4.69, 9.17) is 0 Å². The summed E-state index contributed by atoms with van der Waals surface area (Å²) in [7, 11) is -0.0383. The van der Waals surface area contributed by atoms with Crippen molar-refractivity contribution in [3.8, 4) is 6.07 Å². The predicted molar refractivity (Wildman–Crippen MR) is 142 cm³/mol. The summed E-state index contributed by atoms with van der Waals surface area (Å²) in [6.45, 7) is 0.954. The summed E-state index contributed by atoms with van der Waals surface area (Å²) in [6.07, 6.45) is 9.01. The number of aryl methyl sites for hydroxylation is 2. The number of sulfonamides is 1. The maximum atomic E-state index is 13.8. The molecule has 4 aromatic rings. The van der Waals surface area contributed by atoms with Crippen molar-refractivity contribution in [1.29, 1.82) is 5.26 Å². The monoisotopic (exact) mass is 535 g/mol. The molecule has 0 bridgehead atoms. The normalized spacial score (nSPS) is 17.8. The Morgan fingerprint density at radius 2 is 1.89 bits per heavy atom. The van der Waals surface area contributed by atoms with E-state index in [1.165, 1.54) is 6.33 Å². The van der Waals surface area contributed by atoms with Crippen LogP contribution in [0.3, 0.4) is 0 Å². The third-order valence-corrected chi connectivity index (χ3v) is 9.49. The van der Waals surface area contributed by atoms with Crippen LogP contribution in [0.5, 0.6) is 0 Å². The van der Waals surface area contributed by atoms with Gasteiger partial charge >= 0.3 is 0 Å². The number of rotatable bonds is 9. The number of benzene rings is 1. The molecular weight excluding hydrogens is 506 g/mol. The van der Waals surface area contributed by atoms with Gasteiger partial charge in [-0.15, -0.1) is 0 Å². The van der Waals surface area contributed by atoms with Crippen LogP contribution in [0.25, 0.3) is 0 Å². The first-order valence-corrected chi connectivity index (χ1v) is 14.5. The zero-order chi connectivity index (χ0) is 26.0. The molecule has 0 saturated heterocycles. The summed E-state index contributed by atoms with van der Waals surface area (Å²) >= 11 is 1.56. The van der Waals surface area contributed by atoms with Crippen LogP contribution < -0.4 is 4.90 Å². The lowest BCUT2D eigenvalue weighted by Crippen LogP contribution is -2.40. The van der Waals surface area contributed by atoms with E-state index in [1.54, 1.807) is 39.8 Å². The van der Waals surface area contributed by atoms with Crippen molar-refractivity contribution in [2.75, 3.05) is 4.90 Å². The van der Waals surface area contributed by atoms with Crippen LogP contribution in [0.15, 0.2) is 71.2 Å². The van der Waals surface area contributed by atoms with E-state index >= 15 is 0 Å². The summed E-state index contributed by atoms with van der Waals surface area (Å²) in [6, 6.07) is 11.7.